The SMILES string of the molecule is CCC(CBr)NC(=O)c1cc(C)ccc1F. The first kappa shape index (κ1) is 13.2. The van der Waals surface area contributed by atoms with Gasteiger partial charge in [-0.1, -0.05) is 34.5 Å². The van der Waals surface area contributed by atoms with Crippen molar-refractivity contribution in [1.29, 1.82) is 0 Å². The fraction of sp³-hybridized carbons (Fsp3) is 0.417. The number of rotatable bonds is 4. The van der Waals surface area contributed by atoms with Crippen LogP contribution in [-0.4, -0.2) is 17.3 Å². The molecule has 0 aromatic heterocycles. The molecule has 0 aliphatic rings. The van der Waals surface area contributed by atoms with E-state index in [1.165, 1.54) is 6.07 Å². The second-order valence-electron chi connectivity index (χ2n) is 3.72. The molecule has 0 aliphatic heterocycles. The Balaban J connectivity index is 2.83. The molecule has 1 atom stereocenters. The minimum Gasteiger partial charge on any atom is -0.348 e. The molecule has 0 spiro atoms. The first-order valence-corrected chi connectivity index (χ1v) is 6.33. The largest absolute Gasteiger partial charge is 0.348 e. The summed E-state index contributed by atoms with van der Waals surface area (Å²) in [6, 6.07) is 4.56. The minimum absolute atomic E-state index is 0.0346. The predicted molar refractivity (Wildman–Crippen MR) is 66.5 cm³/mol. The van der Waals surface area contributed by atoms with Gasteiger partial charge in [-0.3, -0.25) is 4.79 Å². The van der Waals surface area contributed by atoms with Crippen LogP contribution in [0.4, 0.5) is 4.39 Å². The summed E-state index contributed by atoms with van der Waals surface area (Å²) in [6.07, 6.45) is 0.810. The fourth-order valence-electron chi connectivity index (χ4n) is 1.33. The summed E-state index contributed by atoms with van der Waals surface area (Å²) >= 11 is 3.30. The summed E-state index contributed by atoms with van der Waals surface area (Å²) in [5.74, 6) is -0.833. The highest BCUT2D eigenvalue weighted by atomic mass is 79.9. The highest BCUT2D eigenvalue weighted by Crippen LogP contribution is 2.10. The van der Waals surface area contributed by atoms with Crippen LogP contribution in [-0.2, 0) is 0 Å². The second kappa shape index (κ2) is 5.99. The molecule has 1 N–H and O–H groups in total. The molecule has 0 saturated carbocycles. The first-order valence-electron chi connectivity index (χ1n) is 5.21. The predicted octanol–water partition coefficient (Wildman–Crippen LogP) is 3.04. The number of carbonyl (C=O) groups excluding carboxylic acids is 1. The van der Waals surface area contributed by atoms with Gasteiger partial charge in [-0.2, -0.15) is 0 Å². The molecule has 1 unspecified atom stereocenters. The average Bonchev–Trinajstić information content (AvgIpc) is 2.28. The van der Waals surface area contributed by atoms with Crippen molar-refractivity contribution < 1.29 is 9.18 Å². The third kappa shape index (κ3) is 3.30. The van der Waals surface area contributed by atoms with Gasteiger partial charge in [0.05, 0.1) is 5.56 Å². The van der Waals surface area contributed by atoms with Crippen molar-refractivity contribution >= 4 is 21.8 Å². The van der Waals surface area contributed by atoms with Gasteiger partial charge in [-0.15, -0.1) is 0 Å². The Morgan fingerprint density at radius 3 is 2.81 bits per heavy atom. The quantitative estimate of drug-likeness (QED) is 0.848. The van der Waals surface area contributed by atoms with E-state index in [1.807, 2.05) is 13.8 Å². The molecule has 0 heterocycles. The van der Waals surface area contributed by atoms with Gasteiger partial charge < -0.3 is 5.32 Å². The van der Waals surface area contributed by atoms with Crippen molar-refractivity contribution in [2.75, 3.05) is 5.33 Å². The van der Waals surface area contributed by atoms with E-state index in [0.29, 0.717) is 5.33 Å². The van der Waals surface area contributed by atoms with Gasteiger partial charge in [0.15, 0.2) is 0 Å². The zero-order chi connectivity index (χ0) is 12.1. The lowest BCUT2D eigenvalue weighted by Gasteiger charge is -2.14. The summed E-state index contributed by atoms with van der Waals surface area (Å²) < 4.78 is 13.4. The van der Waals surface area contributed by atoms with Crippen molar-refractivity contribution in [2.45, 2.75) is 26.3 Å². The van der Waals surface area contributed by atoms with E-state index in [0.717, 1.165) is 12.0 Å². The van der Waals surface area contributed by atoms with E-state index in [-0.39, 0.29) is 17.5 Å². The molecule has 0 saturated heterocycles. The molecule has 0 aliphatic carbocycles. The Morgan fingerprint density at radius 2 is 2.25 bits per heavy atom. The Morgan fingerprint density at radius 1 is 1.56 bits per heavy atom. The number of amides is 1. The molecule has 16 heavy (non-hydrogen) atoms. The van der Waals surface area contributed by atoms with Crippen LogP contribution in [0.1, 0.15) is 29.3 Å². The Bertz CT molecular complexity index is 377. The first-order chi connectivity index (χ1) is 7.58. The van der Waals surface area contributed by atoms with Crippen molar-refractivity contribution in [3.05, 3.63) is 35.1 Å². The molecule has 1 aromatic carbocycles. The van der Waals surface area contributed by atoms with E-state index in [4.69, 9.17) is 0 Å². The number of alkyl halides is 1. The smallest absolute Gasteiger partial charge is 0.254 e. The summed E-state index contributed by atoms with van der Waals surface area (Å²) in [5, 5.41) is 3.44. The minimum atomic E-state index is -0.479. The van der Waals surface area contributed by atoms with Crippen LogP contribution in [0.2, 0.25) is 0 Å². The number of hydrogen-bond acceptors (Lipinski definition) is 1. The number of hydrogen-bond donors (Lipinski definition) is 1. The van der Waals surface area contributed by atoms with Crippen LogP contribution < -0.4 is 5.32 Å². The third-order valence-corrected chi connectivity index (χ3v) is 3.16. The van der Waals surface area contributed by atoms with E-state index in [2.05, 4.69) is 21.2 Å². The van der Waals surface area contributed by atoms with E-state index >= 15 is 0 Å². The van der Waals surface area contributed by atoms with Crippen LogP contribution in [0, 0.1) is 12.7 Å². The Hall–Kier alpha value is -0.900. The summed E-state index contributed by atoms with van der Waals surface area (Å²) in [5.41, 5.74) is 0.984. The van der Waals surface area contributed by atoms with Crippen LogP contribution in [0.5, 0.6) is 0 Å². The number of aryl methyl sites for hydroxylation is 1. The molecule has 1 amide bonds. The zero-order valence-corrected chi connectivity index (χ0v) is 11.0. The summed E-state index contributed by atoms with van der Waals surface area (Å²) in [7, 11) is 0. The highest BCUT2D eigenvalue weighted by molar-refractivity contribution is 9.09. The van der Waals surface area contributed by atoms with E-state index in [9.17, 15) is 9.18 Å². The maximum absolute atomic E-state index is 13.4. The fourth-order valence-corrected chi connectivity index (χ4v) is 1.95. The molecule has 1 aromatic rings. The molecule has 0 fully saturated rings. The maximum atomic E-state index is 13.4. The van der Waals surface area contributed by atoms with Gasteiger partial charge in [0.1, 0.15) is 5.82 Å². The van der Waals surface area contributed by atoms with Crippen LogP contribution in [0.3, 0.4) is 0 Å². The number of benzene rings is 1. The normalized spacial score (nSPS) is 12.2. The Labute approximate surface area is 103 Å². The molecular formula is C12H15BrFNO. The van der Waals surface area contributed by atoms with Crippen LogP contribution >= 0.6 is 15.9 Å². The van der Waals surface area contributed by atoms with Gasteiger partial charge in [-0.25, -0.2) is 4.39 Å². The van der Waals surface area contributed by atoms with Crippen molar-refractivity contribution in [3.63, 3.8) is 0 Å². The van der Waals surface area contributed by atoms with E-state index < -0.39 is 5.82 Å². The molecule has 0 radical (unpaired) electrons. The molecule has 0 bridgehead atoms. The maximum Gasteiger partial charge on any atom is 0.254 e. The zero-order valence-electron chi connectivity index (χ0n) is 9.39. The highest BCUT2D eigenvalue weighted by Gasteiger charge is 2.14. The standard InChI is InChI=1S/C12H15BrFNO/c1-3-9(7-13)15-12(16)10-6-8(2)4-5-11(10)14/h4-6,9H,3,7H2,1-2H3,(H,15,16). The summed E-state index contributed by atoms with van der Waals surface area (Å²) in [6.45, 7) is 3.80. The van der Waals surface area contributed by atoms with Gasteiger partial charge in [-0.05, 0) is 25.5 Å². The Kier molecular flexibility index (Phi) is 4.93. The average molecular weight is 288 g/mol. The number of nitrogens with one attached hydrogen (secondary N) is 1. The molecular weight excluding hydrogens is 273 g/mol. The monoisotopic (exact) mass is 287 g/mol. The lowest BCUT2D eigenvalue weighted by atomic mass is 10.1. The summed E-state index contributed by atoms with van der Waals surface area (Å²) in [4.78, 5) is 11.8. The van der Waals surface area contributed by atoms with Crippen molar-refractivity contribution in [1.82, 2.24) is 5.32 Å². The number of halogens is 2. The topological polar surface area (TPSA) is 29.1 Å². The van der Waals surface area contributed by atoms with Gasteiger partial charge in [0.2, 0.25) is 0 Å². The van der Waals surface area contributed by atoms with Crippen LogP contribution in [0.15, 0.2) is 18.2 Å². The second-order valence-corrected chi connectivity index (χ2v) is 4.36. The number of carbonyl (C=O) groups is 1. The molecule has 2 nitrogen and oxygen atoms in total. The molecule has 4 heteroatoms. The van der Waals surface area contributed by atoms with Gasteiger partial charge in [0, 0.05) is 11.4 Å². The van der Waals surface area contributed by atoms with E-state index in [1.54, 1.807) is 12.1 Å². The van der Waals surface area contributed by atoms with Crippen LogP contribution in [0.25, 0.3) is 0 Å². The molecule has 1 rings (SSSR count). The van der Waals surface area contributed by atoms with Gasteiger partial charge >= 0.3 is 0 Å². The lowest BCUT2D eigenvalue weighted by Crippen LogP contribution is -2.36. The van der Waals surface area contributed by atoms with Crippen molar-refractivity contribution in [3.8, 4) is 0 Å². The molecule has 88 valence electrons. The lowest BCUT2D eigenvalue weighted by molar-refractivity contribution is 0.0936. The van der Waals surface area contributed by atoms with Crippen molar-refractivity contribution in [2.24, 2.45) is 0 Å². The van der Waals surface area contributed by atoms with Gasteiger partial charge in [0.25, 0.3) is 5.91 Å². The third-order valence-electron chi connectivity index (χ3n) is 2.38.